The van der Waals surface area contributed by atoms with E-state index in [1.54, 1.807) is 12.1 Å². The number of carbonyl (C=O) groups excluding carboxylic acids is 2. The number of piperidine rings is 1. The maximum absolute atomic E-state index is 14.0. The summed E-state index contributed by atoms with van der Waals surface area (Å²) < 4.78 is 30.6. The zero-order chi connectivity index (χ0) is 23.4. The van der Waals surface area contributed by atoms with Crippen molar-refractivity contribution in [1.82, 2.24) is 4.90 Å². The molecule has 0 N–H and O–H groups in total. The van der Waals surface area contributed by atoms with Gasteiger partial charge >= 0.3 is 11.9 Å². The minimum Gasteiger partial charge on any atom is -0.465 e. The van der Waals surface area contributed by atoms with E-state index >= 15 is 0 Å². The second kappa shape index (κ2) is 10.5. The molecule has 6 nitrogen and oxygen atoms in total. The third-order valence-electron chi connectivity index (χ3n) is 7.61. The molecule has 0 bridgehead atoms. The highest BCUT2D eigenvalue weighted by Gasteiger charge is 2.55. The van der Waals surface area contributed by atoms with Crippen molar-refractivity contribution in [2.45, 2.75) is 75.9 Å². The summed E-state index contributed by atoms with van der Waals surface area (Å²) in [7, 11) is 1.27. The predicted molar refractivity (Wildman–Crippen MR) is 122 cm³/mol. The first-order chi connectivity index (χ1) is 16.0. The topological polar surface area (TPSA) is 65.1 Å². The molecular weight excluding hydrogens is 425 g/mol. The van der Waals surface area contributed by atoms with Crippen LogP contribution >= 0.6 is 0 Å². The van der Waals surface area contributed by atoms with E-state index in [4.69, 9.17) is 14.2 Å². The fourth-order valence-electron chi connectivity index (χ4n) is 5.36. The van der Waals surface area contributed by atoms with Gasteiger partial charge in [-0.3, -0.25) is 4.90 Å². The lowest BCUT2D eigenvalue weighted by Gasteiger charge is -2.44. The standard InChI is InChI=1S/C26H36FNO5/c1-3-4-15-32-25(30)26(20-6-7-20)12-9-21(17-33-26)28-13-10-18(11-14-28)19-5-8-23(27)22(16-19)24(29)31-2/h5,8,16,18,20-21H,3-4,6-7,9-15,17H2,1-2H3/t21-,26+/m1/s1. The van der Waals surface area contributed by atoms with Gasteiger partial charge in [0.05, 0.1) is 25.9 Å². The molecule has 182 valence electrons. The van der Waals surface area contributed by atoms with Crippen molar-refractivity contribution >= 4 is 11.9 Å². The van der Waals surface area contributed by atoms with E-state index < -0.39 is 17.4 Å². The number of rotatable bonds is 8. The van der Waals surface area contributed by atoms with Crippen LogP contribution in [-0.2, 0) is 19.0 Å². The lowest BCUT2D eigenvalue weighted by molar-refractivity contribution is -0.189. The smallest absolute Gasteiger partial charge is 0.340 e. The van der Waals surface area contributed by atoms with Crippen molar-refractivity contribution in [3.05, 3.63) is 35.1 Å². The Morgan fingerprint density at radius 3 is 2.55 bits per heavy atom. The first-order valence-corrected chi connectivity index (χ1v) is 12.4. The van der Waals surface area contributed by atoms with Crippen LogP contribution < -0.4 is 0 Å². The van der Waals surface area contributed by atoms with Crippen molar-refractivity contribution in [3.8, 4) is 0 Å². The number of methoxy groups -OCH3 is 1. The van der Waals surface area contributed by atoms with Gasteiger partial charge in [-0.05, 0) is 87.6 Å². The lowest BCUT2D eigenvalue weighted by Crippen LogP contribution is -2.55. The first-order valence-electron chi connectivity index (χ1n) is 12.4. The van der Waals surface area contributed by atoms with Crippen LogP contribution in [0.5, 0.6) is 0 Å². The van der Waals surface area contributed by atoms with Gasteiger partial charge in [0.15, 0.2) is 5.60 Å². The molecule has 0 radical (unpaired) electrons. The SMILES string of the molecule is CCCCOC(=O)[C@@]1(C2CC2)CC[C@@H](N2CCC(c3ccc(F)c(C(=O)OC)c3)CC2)CO1. The fourth-order valence-corrected chi connectivity index (χ4v) is 5.36. The van der Waals surface area contributed by atoms with Gasteiger partial charge in [0.1, 0.15) is 5.82 Å². The van der Waals surface area contributed by atoms with E-state index in [1.165, 1.54) is 13.2 Å². The number of likely N-dealkylation sites (tertiary alicyclic amines) is 1. The Morgan fingerprint density at radius 2 is 1.94 bits per heavy atom. The number of unbranched alkanes of at least 4 members (excludes halogenated alkanes) is 1. The molecule has 1 aromatic rings. The third-order valence-corrected chi connectivity index (χ3v) is 7.61. The second-order valence-corrected chi connectivity index (χ2v) is 9.70. The van der Waals surface area contributed by atoms with Crippen LogP contribution in [0.1, 0.15) is 80.1 Å². The number of carbonyl (C=O) groups is 2. The number of hydrogen-bond donors (Lipinski definition) is 0. The minimum atomic E-state index is -0.735. The zero-order valence-corrected chi connectivity index (χ0v) is 19.8. The van der Waals surface area contributed by atoms with Gasteiger partial charge in [0.2, 0.25) is 0 Å². The average Bonchev–Trinajstić information content (AvgIpc) is 3.70. The molecule has 0 spiro atoms. The molecule has 2 saturated heterocycles. The van der Waals surface area contributed by atoms with Gasteiger partial charge in [-0.15, -0.1) is 0 Å². The summed E-state index contributed by atoms with van der Waals surface area (Å²) in [5.74, 6) is -0.753. The Hall–Kier alpha value is -1.99. The van der Waals surface area contributed by atoms with Crippen molar-refractivity contribution in [2.24, 2.45) is 5.92 Å². The first kappa shape index (κ1) is 24.1. The van der Waals surface area contributed by atoms with Crippen LogP contribution in [-0.4, -0.2) is 61.9 Å². The van der Waals surface area contributed by atoms with E-state index in [2.05, 4.69) is 11.8 Å². The average molecular weight is 462 g/mol. The second-order valence-electron chi connectivity index (χ2n) is 9.70. The number of benzene rings is 1. The van der Waals surface area contributed by atoms with Gasteiger partial charge in [0.25, 0.3) is 0 Å². The van der Waals surface area contributed by atoms with Crippen LogP contribution in [0.4, 0.5) is 4.39 Å². The minimum absolute atomic E-state index is 0.000323. The molecule has 7 heteroatoms. The zero-order valence-electron chi connectivity index (χ0n) is 19.8. The summed E-state index contributed by atoms with van der Waals surface area (Å²) >= 11 is 0. The lowest BCUT2D eigenvalue weighted by atomic mass is 9.84. The van der Waals surface area contributed by atoms with Crippen molar-refractivity contribution in [3.63, 3.8) is 0 Å². The largest absolute Gasteiger partial charge is 0.465 e. The van der Waals surface area contributed by atoms with Crippen LogP contribution in [0.2, 0.25) is 0 Å². The molecule has 4 rings (SSSR count). The number of halogens is 1. The Balaban J connectivity index is 1.31. The molecule has 3 aliphatic rings. The molecule has 2 aliphatic heterocycles. The fraction of sp³-hybridized carbons (Fsp3) is 0.692. The van der Waals surface area contributed by atoms with E-state index in [0.29, 0.717) is 25.2 Å². The Morgan fingerprint density at radius 1 is 1.18 bits per heavy atom. The number of esters is 2. The molecule has 0 amide bonds. The van der Waals surface area contributed by atoms with Gasteiger partial charge in [-0.1, -0.05) is 19.4 Å². The van der Waals surface area contributed by atoms with Gasteiger partial charge in [-0.25, -0.2) is 14.0 Å². The van der Waals surface area contributed by atoms with Crippen LogP contribution in [0.15, 0.2) is 18.2 Å². The van der Waals surface area contributed by atoms with Gasteiger partial charge < -0.3 is 14.2 Å². The summed E-state index contributed by atoms with van der Waals surface area (Å²) in [4.78, 5) is 27.2. The molecular formula is C26H36FNO5. The molecule has 1 aliphatic carbocycles. The molecule has 0 aromatic heterocycles. The monoisotopic (exact) mass is 461 g/mol. The van der Waals surface area contributed by atoms with Crippen LogP contribution in [0.3, 0.4) is 0 Å². The van der Waals surface area contributed by atoms with Crippen molar-refractivity contribution in [1.29, 1.82) is 0 Å². The third kappa shape index (κ3) is 5.24. The summed E-state index contributed by atoms with van der Waals surface area (Å²) in [5, 5.41) is 0. The van der Waals surface area contributed by atoms with E-state index in [1.807, 2.05) is 0 Å². The van der Waals surface area contributed by atoms with Crippen molar-refractivity contribution in [2.75, 3.05) is 33.4 Å². The van der Waals surface area contributed by atoms with Crippen LogP contribution in [0, 0.1) is 11.7 Å². The Labute approximate surface area is 195 Å². The van der Waals surface area contributed by atoms with E-state index in [0.717, 1.165) is 70.0 Å². The molecule has 1 saturated carbocycles. The summed E-state index contributed by atoms with van der Waals surface area (Å²) in [6.45, 7) is 4.96. The van der Waals surface area contributed by atoms with Gasteiger partial charge in [-0.2, -0.15) is 0 Å². The maximum atomic E-state index is 14.0. The molecule has 33 heavy (non-hydrogen) atoms. The summed E-state index contributed by atoms with van der Waals surface area (Å²) in [5.41, 5.74) is 0.250. The van der Waals surface area contributed by atoms with E-state index in [9.17, 15) is 14.0 Å². The molecule has 1 aromatic carbocycles. The normalized spacial score (nSPS) is 26.7. The highest BCUT2D eigenvalue weighted by atomic mass is 19.1. The Bertz CT molecular complexity index is 839. The van der Waals surface area contributed by atoms with Crippen molar-refractivity contribution < 1.29 is 28.2 Å². The molecule has 2 atom stereocenters. The summed E-state index contributed by atoms with van der Waals surface area (Å²) in [6, 6.07) is 5.08. The van der Waals surface area contributed by atoms with E-state index in [-0.39, 0.29) is 17.5 Å². The highest BCUT2D eigenvalue weighted by molar-refractivity contribution is 5.89. The maximum Gasteiger partial charge on any atom is 0.340 e. The molecule has 0 unspecified atom stereocenters. The highest BCUT2D eigenvalue weighted by Crippen LogP contribution is 2.48. The number of hydrogen-bond acceptors (Lipinski definition) is 6. The Kier molecular flexibility index (Phi) is 7.69. The molecule has 3 fully saturated rings. The van der Waals surface area contributed by atoms with Crippen LogP contribution in [0.25, 0.3) is 0 Å². The predicted octanol–water partition coefficient (Wildman–Crippen LogP) is 4.46. The van der Waals surface area contributed by atoms with Gasteiger partial charge in [0, 0.05) is 6.04 Å². The number of nitrogens with zero attached hydrogens (tertiary/aromatic N) is 1. The summed E-state index contributed by atoms with van der Waals surface area (Å²) in [6.07, 6.45) is 7.53. The number of ether oxygens (including phenoxy) is 3. The molecule has 2 heterocycles. The quantitative estimate of drug-likeness (QED) is 0.421.